The van der Waals surface area contributed by atoms with E-state index in [1.807, 2.05) is 45.0 Å². The number of para-hydroxylation sites is 2. The van der Waals surface area contributed by atoms with Gasteiger partial charge in [-0.1, -0.05) is 26.0 Å². The second kappa shape index (κ2) is 8.77. The number of carbonyl (C=O) groups excluding carboxylic acids is 2. The number of hydrogen-bond acceptors (Lipinski definition) is 3. The van der Waals surface area contributed by atoms with Crippen molar-refractivity contribution in [2.45, 2.75) is 40.3 Å². The second-order valence-corrected chi connectivity index (χ2v) is 7.37. The summed E-state index contributed by atoms with van der Waals surface area (Å²) in [5.74, 6) is -0.0400. The molecule has 2 amide bonds. The zero-order chi connectivity index (χ0) is 21.0. The fourth-order valence-corrected chi connectivity index (χ4v) is 3.29. The molecule has 0 fully saturated rings. The molecule has 0 unspecified atom stereocenters. The van der Waals surface area contributed by atoms with Gasteiger partial charge in [-0.05, 0) is 49.2 Å². The normalized spacial score (nSPS) is 11.0. The van der Waals surface area contributed by atoms with E-state index in [0.717, 1.165) is 11.0 Å². The fraction of sp³-hybridized carbons (Fsp3) is 0.318. The Morgan fingerprint density at radius 1 is 0.862 bits per heavy atom. The van der Waals surface area contributed by atoms with Crippen LogP contribution in [0.1, 0.15) is 27.2 Å². The summed E-state index contributed by atoms with van der Waals surface area (Å²) in [4.78, 5) is 37.0. The third-order valence-corrected chi connectivity index (χ3v) is 4.59. The lowest BCUT2D eigenvalue weighted by Gasteiger charge is -2.09. The first kappa shape index (κ1) is 20.4. The van der Waals surface area contributed by atoms with Crippen molar-refractivity contribution in [1.82, 2.24) is 9.13 Å². The van der Waals surface area contributed by atoms with E-state index in [9.17, 15) is 14.4 Å². The molecule has 0 saturated heterocycles. The molecule has 0 aliphatic rings. The lowest BCUT2D eigenvalue weighted by molar-refractivity contribution is -0.117. The first-order valence-electron chi connectivity index (χ1n) is 9.77. The summed E-state index contributed by atoms with van der Waals surface area (Å²) in [5.41, 5.74) is 2.62. The summed E-state index contributed by atoms with van der Waals surface area (Å²) >= 11 is 0. The van der Waals surface area contributed by atoms with Crippen molar-refractivity contribution in [2.24, 2.45) is 5.92 Å². The highest BCUT2D eigenvalue weighted by Gasteiger charge is 2.14. The molecule has 152 valence electrons. The number of benzene rings is 2. The van der Waals surface area contributed by atoms with Gasteiger partial charge in [0.2, 0.25) is 11.8 Å². The number of carbonyl (C=O) groups is 2. The molecule has 0 aliphatic carbocycles. The zero-order valence-corrected chi connectivity index (χ0v) is 16.9. The van der Waals surface area contributed by atoms with Gasteiger partial charge in [-0.15, -0.1) is 0 Å². The number of aryl methyl sites for hydroxylation is 1. The van der Waals surface area contributed by atoms with Gasteiger partial charge >= 0.3 is 5.69 Å². The summed E-state index contributed by atoms with van der Waals surface area (Å²) in [6, 6.07) is 14.4. The molecule has 3 aromatic rings. The number of nitrogens with zero attached hydrogens (tertiary/aromatic N) is 2. The molecule has 2 aromatic carbocycles. The van der Waals surface area contributed by atoms with E-state index in [1.165, 1.54) is 4.57 Å². The first-order chi connectivity index (χ1) is 13.9. The summed E-state index contributed by atoms with van der Waals surface area (Å²) < 4.78 is 3.13. The third-order valence-electron chi connectivity index (χ3n) is 4.59. The van der Waals surface area contributed by atoms with Gasteiger partial charge in [0.1, 0.15) is 6.54 Å². The van der Waals surface area contributed by atoms with Crippen molar-refractivity contribution >= 4 is 34.2 Å². The topological polar surface area (TPSA) is 85.1 Å². The minimum Gasteiger partial charge on any atom is -0.326 e. The van der Waals surface area contributed by atoms with Gasteiger partial charge in [-0.3, -0.25) is 18.7 Å². The molecule has 29 heavy (non-hydrogen) atoms. The van der Waals surface area contributed by atoms with Crippen LogP contribution < -0.4 is 16.3 Å². The maximum absolute atomic E-state index is 12.6. The highest BCUT2D eigenvalue weighted by Crippen LogP contribution is 2.16. The molecule has 0 bridgehead atoms. The minimum atomic E-state index is -0.289. The number of imidazole rings is 1. The van der Waals surface area contributed by atoms with E-state index < -0.39 is 0 Å². The Kier molecular flexibility index (Phi) is 6.16. The van der Waals surface area contributed by atoms with Crippen molar-refractivity contribution in [2.75, 3.05) is 10.6 Å². The van der Waals surface area contributed by atoms with E-state index in [-0.39, 0.29) is 30.0 Å². The average Bonchev–Trinajstić information content (AvgIpc) is 2.94. The van der Waals surface area contributed by atoms with Crippen LogP contribution in [0, 0.1) is 5.92 Å². The van der Waals surface area contributed by atoms with Gasteiger partial charge in [0.15, 0.2) is 0 Å². The first-order valence-corrected chi connectivity index (χ1v) is 9.77. The van der Waals surface area contributed by atoms with Gasteiger partial charge in [0.05, 0.1) is 11.0 Å². The number of fused-ring (bicyclic) bond motifs is 1. The molecule has 0 radical (unpaired) electrons. The summed E-state index contributed by atoms with van der Waals surface area (Å²) in [6.07, 6.45) is 0.457. The van der Waals surface area contributed by atoms with Crippen LogP contribution in [0.5, 0.6) is 0 Å². The van der Waals surface area contributed by atoms with Crippen molar-refractivity contribution in [3.8, 4) is 0 Å². The Labute approximate surface area is 169 Å². The number of anilines is 2. The minimum absolute atomic E-state index is 0.0384. The molecule has 1 heterocycles. The molecule has 7 heteroatoms. The largest absolute Gasteiger partial charge is 0.329 e. The van der Waals surface area contributed by atoms with Gasteiger partial charge < -0.3 is 10.6 Å². The lowest BCUT2D eigenvalue weighted by Crippen LogP contribution is -2.29. The Balaban J connectivity index is 1.69. The Hall–Kier alpha value is -3.35. The fourth-order valence-electron chi connectivity index (χ4n) is 3.29. The lowest BCUT2D eigenvalue weighted by atomic mass is 10.1. The maximum atomic E-state index is 12.6. The van der Waals surface area contributed by atoms with Crippen LogP contribution in [-0.2, 0) is 22.7 Å². The second-order valence-electron chi connectivity index (χ2n) is 7.37. The number of hydrogen-bond donors (Lipinski definition) is 2. The quantitative estimate of drug-likeness (QED) is 0.644. The number of rotatable bonds is 7. The highest BCUT2D eigenvalue weighted by molar-refractivity contribution is 5.93. The molecule has 1 aromatic heterocycles. The average molecular weight is 394 g/mol. The van der Waals surface area contributed by atoms with Crippen LogP contribution >= 0.6 is 0 Å². The summed E-state index contributed by atoms with van der Waals surface area (Å²) in [6.45, 7) is 6.35. The predicted molar refractivity (Wildman–Crippen MR) is 115 cm³/mol. The summed E-state index contributed by atoms with van der Waals surface area (Å²) in [7, 11) is 0. The van der Waals surface area contributed by atoms with Gasteiger partial charge in [0, 0.05) is 24.3 Å². The third kappa shape index (κ3) is 4.74. The monoisotopic (exact) mass is 394 g/mol. The van der Waals surface area contributed by atoms with Crippen molar-refractivity contribution in [3.05, 3.63) is 59.0 Å². The molecule has 7 nitrogen and oxygen atoms in total. The molecule has 0 saturated carbocycles. The smallest absolute Gasteiger partial charge is 0.326 e. The Morgan fingerprint density at radius 3 is 1.90 bits per heavy atom. The van der Waals surface area contributed by atoms with Crippen LogP contribution in [-0.4, -0.2) is 20.9 Å². The molecule has 0 spiro atoms. The van der Waals surface area contributed by atoms with E-state index in [0.29, 0.717) is 24.3 Å². The Bertz CT molecular complexity index is 1080. The summed E-state index contributed by atoms with van der Waals surface area (Å²) in [5, 5.41) is 5.63. The predicted octanol–water partition coefficient (Wildman–Crippen LogP) is 3.45. The van der Waals surface area contributed by atoms with Crippen molar-refractivity contribution in [1.29, 1.82) is 0 Å². The molecule has 2 N–H and O–H groups in total. The van der Waals surface area contributed by atoms with Gasteiger partial charge in [-0.2, -0.15) is 0 Å². The van der Waals surface area contributed by atoms with Gasteiger partial charge in [-0.25, -0.2) is 4.79 Å². The standard InChI is InChI=1S/C22H26N4O3/c1-4-25-18-7-5-6-8-19(18)26(22(25)29)14-21(28)24-17-11-9-16(10-12-17)23-20(27)13-15(2)3/h5-12,15H,4,13-14H2,1-3H3,(H,23,27)(H,24,28). The molecular formula is C22H26N4O3. The van der Waals surface area contributed by atoms with E-state index in [4.69, 9.17) is 0 Å². The molecule has 0 atom stereocenters. The van der Waals surface area contributed by atoms with Crippen LogP contribution in [0.3, 0.4) is 0 Å². The van der Waals surface area contributed by atoms with Crippen LogP contribution in [0.2, 0.25) is 0 Å². The molecular weight excluding hydrogens is 368 g/mol. The SMILES string of the molecule is CCn1c(=O)n(CC(=O)Nc2ccc(NC(=O)CC(C)C)cc2)c2ccccc21. The number of amides is 2. The zero-order valence-electron chi connectivity index (χ0n) is 16.9. The van der Waals surface area contributed by atoms with Crippen LogP contribution in [0.25, 0.3) is 11.0 Å². The van der Waals surface area contributed by atoms with Crippen LogP contribution in [0.4, 0.5) is 11.4 Å². The van der Waals surface area contributed by atoms with Crippen molar-refractivity contribution < 1.29 is 9.59 Å². The van der Waals surface area contributed by atoms with E-state index in [2.05, 4.69) is 10.6 Å². The van der Waals surface area contributed by atoms with E-state index in [1.54, 1.807) is 28.8 Å². The number of nitrogens with one attached hydrogen (secondary N) is 2. The van der Waals surface area contributed by atoms with E-state index >= 15 is 0 Å². The van der Waals surface area contributed by atoms with Gasteiger partial charge in [0.25, 0.3) is 0 Å². The molecule has 0 aliphatic heterocycles. The Morgan fingerprint density at radius 2 is 1.38 bits per heavy atom. The highest BCUT2D eigenvalue weighted by atomic mass is 16.2. The molecule has 3 rings (SSSR count). The maximum Gasteiger partial charge on any atom is 0.329 e. The van der Waals surface area contributed by atoms with Crippen LogP contribution in [0.15, 0.2) is 53.3 Å². The van der Waals surface area contributed by atoms with Crippen molar-refractivity contribution in [3.63, 3.8) is 0 Å². The number of aromatic nitrogens is 2.